The molecule has 2 rings (SSSR count). The van der Waals surface area contributed by atoms with E-state index in [1.54, 1.807) is 12.4 Å². The van der Waals surface area contributed by atoms with Crippen molar-refractivity contribution in [1.82, 2.24) is 4.98 Å². The molecule has 0 amide bonds. The van der Waals surface area contributed by atoms with Gasteiger partial charge in [0.1, 0.15) is 15.7 Å². The third-order valence-electron chi connectivity index (χ3n) is 2.67. The molecule has 0 bridgehead atoms. The minimum Gasteiger partial charge on any atom is -0.264 e. The van der Waals surface area contributed by atoms with Crippen LogP contribution in [0, 0.1) is 0 Å². The van der Waals surface area contributed by atoms with Crippen LogP contribution in [0.1, 0.15) is 25.3 Å². The van der Waals surface area contributed by atoms with Gasteiger partial charge in [-0.3, -0.25) is 4.98 Å². The minimum atomic E-state index is 0.380. The van der Waals surface area contributed by atoms with Crippen molar-refractivity contribution in [2.45, 2.75) is 19.8 Å². The molecule has 15 heavy (non-hydrogen) atoms. The Morgan fingerprint density at radius 1 is 1.20 bits per heavy atom. The topological polar surface area (TPSA) is 12.9 Å². The molecule has 0 spiro atoms. The Bertz CT molecular complexity index is 506. The number of aromatic nitrogens is 1. The van der Waals surface area contributed by atoms with E-state index in [9.17, 15) is 0 Å². The number of benzene rings is 1. The van der Waals surface area contributed by atoms with Gasteiger partial charge in [-0.25, -0.2) is 0 Å². The standard InChI is InChI=1S/C12H11B2N/c1-7(2)9-5-11(13)10-6-15-4-3-8(10)12(9)14/h3-7H,1-2H3. The van der Waals surface area contributed by atoms with E-state index < -0.39 is 0 Å². The fourth-order valence-electron chi connectivity index (χ4n) is 1.82. The lowest BCUT2D eigenvalue weighted by Gasteiger charge is -2.15. The molecule has 0 aliphatic heterocycles. The molecular formula is C12H11B2N. The molecule has 1 aromatic carbocycles. The van der Waals surface area contributed by atoms with Crippen LogP contribution in [-0.2, 0) is 0 Å². The van der Waals surface area contributed by atoms with E-state index in [2.05, 4.69) is 18.8 Å². The first-order valence-electron chi connectivity index (χ1n) is 5.03. The summed E-state index contributed by atoms with van der Waals surface area (Å²) >= 11 is 0. The van der Waals surface area contributed by atoms with Gasteiger partial charge in [0, 0.05) is 12.4 Å². The van der Waals surface area contributed by atoms with Gasteiger partial charge in [0.15, 0.2) is 0 Å². The summed E-state index contributed by atoms with van der Waals surface area (Å²) in [6.07, 6.45) is 3.49. The van der Waals surface area contributed by atoms with E-state index >= 15 is 0 Å². The number of fused-ring (bicyclic) bond motifs is 1. The average Bonchev–Trinajstić information content (AvgIpc) is 2.23. The lowest BCUT2D eigenvalue weighted by Crippen LogP contribution is -2.19. The van der Waals surface area contributed by atoms with Crippen LogP contribution < -0.4 is 10.9 Å². The Kier molecular flexibility index (Phi) is 2.55. The van der Waals surface area contributed by atoms with Gasteiger partial charge in [-0.2, -0.15) is 0 Å². The van der Waals surface area contributed by atoms with Gasteiger partial charge in [-0.1, -0.05) is 36.4 Å². The monoisotopic (exact) mass is 191 g/mol. The first-order chi connectivity index (χ1) is 7.11. The van der Waals surface area contributed by atoms with Gasteiger partial charge < -0.3 is 0 Å². The predicted molar refractivity (Wildman–Crippen MR) is 66.6 cm³/mol. The molecule has 0 saturated carbocycles. The summed E-state index contributed by atoms with van der Waals surface area (Å²) in [5.41, 5.74) is 2.67. The van der Waals surface area contributed by atoms with Crippen LogP contribution in [0.4, 0.5) is 0 Å². The van der Waals surface area contributed by atoms with Gasteiger partial charge in [-0.05, 0) is 22.8 Å². The quantitative estimate of drug-likeness (QED) is 0.611. The van der Waals surface area contributed by atoms with E-state index in [-0.39, 0.29) is 0 Å². The van der Waals surface area contributed by atoms with Crippen LogP contribution in [0.25, 0.3) is 10.8 Å². The van der Waals surface area contributed by atoms with Crippen molar-refractivity contribution >= 4 is 37.4 Å². The van der Waals surface area contributed by atoms with Crippen LogP contribution in [0.5, 0.6) is 0 Å². The molecule has 4 radical (unpaired) electrons. The van der Waals surface area contributed by atoms with Crippen molar-refractivity contribution in [2.24, 2.45) is 0 Å². The highest BCUT2D eigenvalue weighted by Gasteiger charge is 2.08. The van der Waals surface area contributed by atoms with Crippen molar-refractivity contribution in [3.05, 3.63) is 30.1 Å². The fraction of sp³-hybridized carbons (Fsp3) is 0.250. The molecule has 0 aliphatic carbocycles. The molecule has 1 nitrogen and oxygen atoms in total. The minimum absolute atomic E-state index is 0.380. The van der Waals surface area contributed by atoms with Crippen molar-refractivity contribution in [1.29, 1.82) is 0 Å². The molecule has 3 heteroatoms. The maximum absolute atomic E-state index is 6.11. The summed E-state index contributed by atoms with van der Waals surface area (Å²) in [7, 11) is 12.1. The number of rotatable bonds is 1. The molecule has 0 aliphatic rings. The van der Waals surface area contributed by atoms with E-state index in [4.69, 9.17) is 15.7 Å². The van der Waals surface area contributed by atoms with Crippen LogP contribution in [0.2, 0.25) is 0 Å². The molecule has 2 aromatic rings. The Morgan fingerprint density at radius 3 is 2.60 bits per heavy atom. The van der Waals surface area contributed by atoms with Crippen molar-refractivity contribution in [3.63, 3.8) is 0 Å². The highest BCUT2D eigenvalue weighted by molar-refractivity contribution is 6.45. The van der Waals surface area contributed by atoms with Gasteiger partial charge in [0.25, 0.3) is 0 Å². The molecule has 70 valence electrons. The van der Waals surface area contributed by atoms with E-state index in [1.807, 2.05) is 12.1 Å². The van der Waals surface area contributed by atoms with Crippen LogP contribution in [0.15, 0.2) is 24.5 Å². The van der Waals surface area contributed by atoms with Gasteiger partial charge in [-0.15, -0.1) is 0 Å². The van der Waals surface area contributed by atoms with Crippen LogP contribution in [-0.4, -0.2) is 20.7 Å². The maximum atomic E-state index is 6.11. The maximum Gasteiger partial charge on any atom is 0.115 e. The zero-order chi connectivity index (χ0) is 11.0. The predicted octanol–water partition coefficient (Wildman–Crippen LogP) is 0.946. The molecule has 1 heterocycles. The third kappa shape index (κ3) is 1.67. The van der Waals surface area contributed by atoms with Gasteiger partial charge in [0.2, 0.25) is 0 Å². The van der Waals surface area contributed by atoms with Crippen LogP contribution in [0.3, 0.4) is 0 Å². The smallest absolute Gasteiger partial charge is 0.115 e. The number of nitrogens with zero attached hydrogens (tertiary/aromatic N) is 1. The summed E-state index contributed by atoms with van der Waals surface area (Å²) in [6, 6.07) is 3.86. The third-order valence-corrected chi connectivity index (χ3v) is 2.67. The molecule has 0 N–H and O–H groups in total. The summed E-state index contributed by atoms with van der Waals surface area (Å²) in [6.45, 7) is 4.22. The number of pyridine rings is 1. The molecular weight excluding hydrogens is 180 g/mol. The van der Waals surface area contributed by atoms with Crippen molar-refractivity contribution in [3.8, 4) is 0 Å². The van der Waals surface area contributed by atoms with Crippen molar-refractivity contribution in [2.75, 3.05) is 0 Å². The van der Waals surface area contributed by atoms with Gasteiger partial charge >= 0.3 is 0 Å². The highest BCUT2D eigenvalue weighted by atomic mass is 14.6. The molecule has 0 fully saturated rings. The summed E-state index contributed by atoms with van der Waals surface area (Å²) in [5, 5.41) is 1.92. The first kappa shape index (κ1) is 10.3. The van der Waals surface area contributed by atoms with E-state index in [0.29, 0.717) is 5.92 Å². The Balaban J connectivity index is 2.84. The lowest BCUT2D eigenvalue weighted by molar-refractivity contribution is 0.876. The molecule has 1 aromatic heterocycles. The number of hydrogen-bond donors (Lipinski definition) is 0. The second-order valence-electron chi connectivity index (χ2n) is 4.04. The summed E-state index contributed by atoms with van der Waals surface area (Å²) in [4.78, 5) is 4.05. The fourth-order valence-corrected chi connectivity index (χ4v) is 1.82. The first-order valence-corrected chi connectivity index (χ1v) is 5.03. The zero-order valence-electron chi connectivity index (χ0n) is 8.99. The second kappa shape index (κ2) is 3.73. The molecule has 0 saturated heterocycles. The number of hydrogen-bond acceptors (Lipinski definition) is 1. The Labute approximate surface area is 92.7 Å². The Hall–Kier alpha value is -1.24. The largest absolute Gasteiger partial charge is 0.264 e. The average molecular weight is 191 g/mol. The SMILES string of the molecule is [B]c1cc(C(C)C)c([B])c2ccncc12. The van der Waals surface area contributed by atoms with Gasteiger partial charge in [0.05, 0.1) is 0 Å². The summed E-state index contributed by atoms with van der Waals surface area (Å²) < 4.78 is 0. The van der Waals surface area contributed by atoms with Crippen molar-refractivity contribution < 1.29 is 0 Å². The molecule has 0 atom stereocenters. The van der Waals surface area contributed by atoms with Crippen LogP contribution >= 0.6 is 0 Å². The zero-order valence-corrected chi connectivity index (χ0v) is 8.99. The second-order valence-corrected chi connectivity index (χ2v) is 4.04. The molecule has 0 unspecified atom stereocenters. The van der Waals surface area contributed by atoms with E-state index in [1.165, 1.54) is 0 Å². The Morgan fingerprint density at radius 2 is 1.93 bits per heavy atom. The summed E-state index contributed by atoms with van der Waals surface area (Å²) in [5.74, 6) is 0.380. The highest BCUT2D eigenvalue weighted by Crippen LogP contribution is 2.15. The van der Waals surface area contributed by atoms with E-state index in [0.717, 1.165) is 27.3 Å². The lowest BCUT2D eigenvalue weighted by atomic mass is 9.77. The normalized spacial score (nSPS) is 11.1.